The Bertz CT molecular complexity index is 377. The van der Waals surface area contributed by atoms with E-state index in [9.17, 15) is 0 Å². The number of nitrogens with one attached hydrogen (secondary N) is 1. The van der Waals surface area contributed by atoms with E-state index in [1.54, 1.807) is 0 Å². The van der Waals surface area contributed by atoms with Crippen LogP contribution in [0.2, 0.25) is 0 Å². The predicted octanol–water partition coefficient (Wildman–Crippen LogP) is 2.29. The maximum Gasteiger partial charge on any atom is 0.244 e. The molecule has 0 aliphatic carbocycles. The van der Waals surface area contributed by atoms with Crippen molar-refractivity contribution in [2.24, 2.45) is 0 Å². The molecule has 5 heteroatoms. The van der Waals surface area contributed by atoms with Crippen molar-refractivity contribution < 1.29 is 4.52 Å². The Morgan fingerprint density at radius 1 is 1.33 bits per heavy atom. The molecule has 0 amide bonds. The highest BCUT2D eigenvalue weighted by molar-refractivity contribution is 4.98. The zero-order chi connectivity index (χ0) is 13.1. The summed E-state index contributed by atoms with van der Waals surface area (Å²) in [6, 6.07) is 0.954. The van der Waals surface area contributed by atoms with E-state index in [-0.39, 0.29) is 6.04 Å². The lowest BCUT2D eigenvalue weighted by Crippen LogP contribution is -2.38. The van der Waals surface area contributed by atoms with Gasteiger partial charge in [0.1, 0.15) is 0 Å². The summed E-state index contributed by atoms with van der Waals surface area (Å²) >= 11 is 0. The van der Waals surface area contributed by atoms with Gasteiger partial charge in [0.25, 0.3) is 0 Å². The molecule has 0 bridgehead atoms. The normalized spacial score (nSPS) is 23.5. The molecule has 2 rings (SSSR count). The number of aromatic nitrogens is 2. The number of rotatable bonds is 4. The van der Waals surface area contributed by atoms with Gasteiger partial charge in [0.15, 0.2) is 5.82 Å². The van der Waals surface area contributed by atoms with Gasteiger partial charge in [0, 0.05) is 6.04 Å². The summed E-state index contributed by atoms with van der Waals surface area (Å²) < 4.78 is 5.46. The van der Waals surface area contributed by atoms with Crippen LogP contribution in [0.5, 0.6) is 0 Å². The summed E-state index contributed by atoms with van der Waals surface area (Å²) in [4.78, 5) is 7.02. The standard InChI is InChI=1S/C13H24N4O/c1-9(2)17-8-6-5-7-11(17)13-15-12(16-18-13)10(3)14-4/h9-11,14H,5-8H2,1-4H3. The van der Waals surface area contributed by atoms with Crippen LogP contribution in [-0.2, 0) is 0 Å². The molecule has 0 radical (unpaired) electrons. The van der Waals surface area contributed by atoms with E-state index in [1.165, 1.54) is 12.8 Å². The van der Waals surface area contributed by atoms with Crippen molar-refractivity contribution in [1.29, 1.82) is 0 Å². The average molecular weight is 252 g/mol. The molecule has 0 aromatic carbocycles. The van der Waals surface area contributed by atoms with Crippen LogP contribution in [0.3, 0.4) is 0 Å². The van der Waals surface area contributed by atoms with E-state index >= 15 is 0 Å². The molecular weight excluding hydrogens is 228 g/mol. The number of hydrogen-bond acceptors (Lipinski definition) is 5. The van der Waals surface area contributed by atoms with Crippen LogP contribution < -0.4 is 5.32 Å². The fraction of sp³-hybridized carbons (Fsp3) is 0.846. The Morgan fingerprint density at radius 2 is 2.11 bits per heavy atom. The van der Waals surface area contributed by atoms with E-state index in [1.807, 2.05) is 14.0 Å². The molecule has 1 N–H and O–H groups in total. The Balaban J connectivity index is 2.15. The summed E-state index contributed by atoms with van der Waals surface area (Å²) in [6.45, 7) is 7.62. The van der Waals surface area contributed by atoms with Crippen LogP contribution in [0.25, 0.3) is 0 Å². The van der Waals surface area contributed by atoms with Gasteiger partial charge in [0.2, 0.25) is 5.89 Å². The van der Waals surface area contributed by atoms with Crippen LogP contribution in [-0.4, -0.2) is 34.7 Å². The first-order valence-corrected chi connectivity index (χ1v) is 6.90. The number of likely N-dealkylation sites (tertiary alicyclic amines) is 1. The van der Waals surface area contributed by atoms with Crippen LogP contribution in [0.1, 0.15) is 63.8 Å². The summed E-state index contributed by atoms with van der Waals surface area (Å²) in [6.07, 6.45) is 3.63. The summed E-state index contributed by atoms with van der Waals surface area (Å²) in [5, 5.41) is 7.21. The van der Waals surface area contributed by atoms with Crippen molar-refractivity contribution in [1.82, 2.24) is 20.4 Å². The SMILES string of the molecule is CNC(C)c1noc(C2CCCCN2C(C)C)n1. The third-order valence-electron chi connectivity index (χ3n) is 3.77. The quantitative estimate of drug-likeness (QED) is 0.891. The summed E-state index contributed by atoms with van der Waals surface area (Å²) in [5.74, 6) is 1.53. The molecule has 1 saturated heterocycles. The van der Waals surface area contributed by atoms with E-state index in [4.69, 9.17) is 4.52 Å². The molecule has 0 saturated carbocycles. The van der Waals surface area contributed by atoms with Gasteiger partial charge in [-0.25, -0.2) is 0 Å². The Labute approximate surface area is 109 Å². The third-order valence-corrected chi connectivity index (χ3v) is 3.77. The van der Waals surface area contributed by atoms with Crippen molar-refractivity contribution in [3.63, 3.8) is 0 Å². The topological polar surface area (TPSA) is 54.2 Å². The summed E-state index contributed by atoms with van der Waals surface area (Å²) in [5.41, 5.74) is 0. The third kappa shape index (κ3) is 2.72. The van der Waals surface area contributed by atoms with Crippen molar-refractivity contribution >= 4 is 0 Å². The van der Waals surface area contributed by atoms with Crippen molar-refractivity contribution in [3.05, 3.63) is 11.7 Å². The van der Waals surface area contributed by atoms with Crippen LogP contribution >= 0.6 is 0 Å². The minimum absolute atomic E-state index is 0.138. The average Bonchev–Trinajstić information content (AvgIpc) is 2.87. The van der Waals surface area contributed by atoms with Gasteiger partial charge < -0.3 is 9.84 Å². The van der Waals surface area contributed by atoms with Crippen molar-refractivity contribution in [2.45, 2.75) is 58.2 Å². The van der Waals surface area contributed by atoms with Gasteiger partial charge in [-0.1, -0.05) is 11.6 Å². The maximum absolute atomic E-state index is 5.46. The molecule has 5 nitrogen and oxygen atoms in total. The van der Waals surface area contributed by atoms with Crippen LogP contribution in [0, 0.1) is 0 Å². The van der Waals surface area contributed by atoms with E-state index in [0.29, 0.717) is 12.1 Å². The zero-order valence-electron chi connectivity index (χ0n) is 11.8. The highest BCUT2D eigenvalue weighted by Crippen LogP contribution is 2.31. The van der Waals surface area contributed by atoms with Crippen LogP contribution in [0.15, 0.2) is 4.52 Å². The van der Waals surface area contributed by atoms with Gasteiger partial charge in [-0.05, 0) is 47.2 Å². The maximum atomic E-state index is 5.46. The van der Waals surface area contributed by atoms with E-state index in [2.05, 4.69) is 34.2 Å². The molecule has 0 spiro atoms. The highest BCUT2D eigenvalue weighted by atomic mass is 16.5. The Kier molecular flexibility index (Phi) is 4.35. The minimum Gasteiger partial charge on any atom is -0.338 e. The first-order valence-electron chi connectivity index (χ1n) is 6.90. The lowest BCUT2D eigenvalue weighted by Gasteiger charge is -2.36. The molecule has 1 aromatic heterocycles. The van der Waals surface area contributed by atoms with Crippen molar-refractivity contribution in [2.75, 3.05) is 13.6 Å². The second-order valence-corrected chi connectivity index (χ2v) is 5.34. The zero-order valence-corrected chi connectivity index (χ0v) is 11.8. The monoisotopic (exact) mass is 252 g/mol. The number of nitrogens with zero attached hydrogens (tertiary/aromatic N) is 3. The molecule has 2 heterocycles. The van der Waals surface area contributed by atoms with E-state index < -0.39 is 0 Å². The van der Waals surface area contributed by atoms with Gasteiger partial charge in [-0.15, -0.1) is 0 Å². The highest BCUT2D eigenvalue weighted by Gasteiger charge is 2.30. The van der Waals surface area contributed by atoms with Gasteiger partial charge in [-0.2, -0.15) is 4.98 Å². The smallest absolute Gasteiger partial charge is 0.244 e. The molecular formula is C13H24N4O. The molecule has 1 aliphatic rings. The van der Waals surface area contributed by atoms with Crippen LogP contribution in [0.4, 0.5) is 0 Å². The molecule has 2 atom stereocenters. The largest absolute Gasteiger partial charge is 0.338 e. The number of hydrogen-bond donors (Lipinski definition) is 1. The number of piperidine rings is 1. The first kappa shape index (κ1) is 13.5. The minimum atomic E-state index is 0.138. The Hall–Kier alpha value is -0.940. The lowest BCUT2D eigenvalue weighted by molar-refractivity contribution is 0.0875. The predicted molar refractivity (Wildman–Crippen MR) is 70.2 cm³/mol. The molecule has 102 valence electrons. The van der Waals surface area contributed by atoms with Gasteiger partial charge in [-0.3, -0.25) is 4.90 Å². The fourth-order valence-corrected chi connectivity index (χ4v) is 2.52. The molecule has 1 fully saturated rings. The van der Waals surface area contributed by atoms with Gasteiger partial charge in [0.05, 0.1) is 12.1 Å². The van der Waals surface area contributed by atoms with Crippen molar-refractivity contribution in [3.8, 4) is 0 Å². The fourth-order valence-electron chi connectivity index (χ4n) is 2.52. The first-order chi connectivity index (χ1) is 8.63. The van der Waals surface area contributed by atoms with Gasteiger partial charge >= 0.3 is 0 Å². The molecule has 18 heavy (non-hydrogen) atoms. The Morgan fingerprint density at radius 3 is 2.78 bits per heavy atom. The van der Waals surface area contributed by atoms with E-state index in [0.717, 1.165) is 24.7 Å². The second kappa shape index (κ2) is 5.80. The second-order valence-electron chi connectivity index (χ2n) is 5.34. The molecule has 1 aromatic rings. The molecule has 2 unspecified atom stereocenters. The molecule has 1 aliphatic heterocycles. The summed E-state index contributed by atoms with van der Waals surface area (Å²) in [7, 11) is 1.90. The lowest BCUT2D eigenvalue weighted by atomic mass is 10.0.